The third kappa shape index (κ3) is 20.9. The fourth-order valence-electron chi connectivity index (χ4n) is 1.63. The summed E-state index contributed by atoms with van der Waals surface area (Å²) < 4.78 is 0. The lowest BCUT2D eigenvalue weighted by Crippen LogP contribution is -1.80. The molecule has 0 saturated heterocycles. The molecule has 0 aliphatic heterocycles. The van der Waals surface area contributed by atoms with Crippen molar-refractivity contribution in [3.05, 3.63) is 46.6 Å². The van der Waals surface area contributed by atoms with Gasteiger partial charge in [0.15, 0.2) is 0 Å². The monoisotopic (exact) mass is 306 g/mol. The molecule has 0 rings (SSSR count). The summed E-state index contributed by atoms with van der Waals surface area (Å²) in [6.45, 7) is 12.6. The number of hydrogen-bond acceptors (Lipinski definition) is 2. The van der Waals surface area contributed by atoms with E-state index in [-0.39, 0.29) is 6.61 Å². The molecule has 0 aromatic heterocycles. The van der Waals surface area contributed by atoms with Gasteiger partial charge in [0.2, 0.25) is 0 Å². The molecule has 2 nitrogen and oxygen atoms in total. The van der Waals surface area contributed by atoms with Crippen molar-refractivity contribution in [1.82, 2.24) is 0 Å². The highest BCUT2D eigenvalue weighted by Crippen LogP contribution is 2.06. The van der Waals surface area contributed by atoms with Crippen LogP contribution in [0.4, 0.5) is 0 Å². The van der Waals surface area contributed by atoms with E-state index in [2.05, 4.69) is 46.8 Å². The summed E-state index contributed by atoms with van der Waals surface area (Å²) in [5, 5.41) is 8.55. The van der Waals surface area contributed by atoms with Crippen molar-refractivity contribution in [2.24, 2.45) is 0 Å². The van der Waals surface area contributed by atoms with Gasteiger partial charge in [-0.1, -0.05) is 40.5 Å². The van der Waals surface area contributed by atoms with E-state index in [9.17, 15) is 4.79 Å². The third-order valence-electron chi connectivity index (χ3n) is 2.97. The molecule has 0 aliphatic carbocycles. The van der Waals surface area contributed by atoms with Crippen molar-refractivity contribution in [3.8, 4) is 0 Å². The van der Waals surface area contributed by atoms with E-state index in [0.717, 1.165) is 37.5 Å². The van der Waals surface area contributed by atoms with Crippen LogP contribution in [0.2, 0.25) is 0 Å². The second-order valence-corrected chi connectivity index (χ2v) is 6.02. The van der Waals surface area contributed by atoms with Crippen molar-refractivity contribution in [2.75, 3.05) is 6.61 Å². The molecular weight excluding hydrogens is 272 g/mol. The maximum Gasteiger partial charge on any atom is 0.142 e. The van der Waals surface area contributed by atoms with Gasteiger partial charge in [0.25, 0.3) is 0 Å². The number of aliphatic hydroxyl groups excluding tert-OH is 1. The zero-order chi connectivity index (χ0) is 17.4. The number of hydrogen-bond donors (Lipinski definition) is 1. The van der Waals surface area contributed by atoms with Crippen LogP contribution in [0.1, 0.15) is 67.2 Å². The first-order chi connectivity index (χ1) is 10.3. The highest BCUT2D eigenvalue weighted by molar-refractivity contribution is 5.65. The molecule has 126 valence electrons. The number of carbonyl (C=O) groups is 1. The largest absolute Gasteiger partial charge is 0.392 e. The van der Waals surface area contributed by atoms with Gasteiger partial charge in [-0.05, 0) is 73.3 Å². The van der Waals surface area contributed by atoms with Crippen LogP contribution in [0.15, 0.2) is 46.6 Å². The van der Waals surface area contributed by atoms with Gasteiger partial charge in [-0.2, -0.15) is 0 Å². The summed E-state index contributed by atoms with van der Waals surface area (Å²) >= 11 is 0. The van der Waals surface area contributed by atoms with Crippen molar-refractivity contribution in [2.45, 2.75) is 67.2 Å². The Labute approximate surface area is 137 Å². The van der Waals surface area contributed by atoms with Gasteiger partial charge in [0.05, 0.1) is 6.61 Å². The SMILES string of the molecule is CC(C)=CCC/C(C)=C/CO.CC(C)=CCCC(C)=CC=O. The van der Waals surface area contributed by atoms with Crippen LogP contribution < -0.4 is 0 Å². The standard InChI is InChI=1S/C10H18O.C10H16O/c2*1-9(2)5-4-6-10(3)7-8-11/h5,7,11H,4,6,8H2,1-3H3;5,7-8H,4,6H2,1-3H3/b10-7+;. The van der Waals surface area contributed by atoms with Crippen LogP contribution >= 0.6 is 0 Å². The Bertz CT molecular complexity index is 401. The molecule has 0 aromatic carbocycles. The molecule has 0 amide bonds. The summed E-state index contributed by atoms with van der Waals surface area (Å²) in [4.78, 5) is 10.0. The van der Waals surface area contributed by atoms with Crippen LogP contribution in [0.3, 0.4) is 0 Å². The van der Waals surface area contributed by atoms with Crippen LogP contribution in [0.5, 0.6) is 0 Å². The molecule has 0 aromatic rings. The summed E-state index contributed by atoms with van der Waals surface area (Å²) in [7, 11) is 0. The van der Waals surface area contributed by atoms with Gasteiger partial charge in [-0.3, -0.25) is 4.79 Å². The van der Waals surface area contributed by atoms with Gasteiger partial charge in [-0.15, -0.1) is 0 Å². The first-order valence-corrected chi connectivity index (χ1v) is 7.97. The van der Waals surface area contributed by atoms with Gasteiger partial charge in [0.1, 0.15) is 6.29 Å². The molecule has 0 heterocycles. The topological polar surface area (TPSA) is 37.3 Å². The van der Waals surface area contributed by atoms with Gasteiger partial charge in [-0.25, -0.2) is 0 Å². The number of aldehydes is 1. The molecule has 0 radical (unpaired) electrons. The Kier molecular flexibility index (Phi) is 16.6. The van der Waals surface area contributed by atoms with Crippen molar-refractivity contribution < 1.29 is 9.90 Å². The fraction of sp³-hybridized carbons (Fsp3) is 0.550. The molecule has 0 bridgehead atoms. The van der Waals surface area contributed by atoms with Crippen molar-refractivity contribution in [1.29, 1.82) is 0 Å². The van der Waals surface area contributed by atoms with Gasteiger partial charge >= 0.3 is 0 Å². The molecule has 1 N–H and O–H groups in total. The highest BCUT2D eigenvalue weighted by Gasteiger charge is 1.87. The number of carbonyl (C=O) groups excluding carboxylic acids is 1. The van der Waals surface area contributed by atoms with E-state index in [1.165, 1.54) is 16.7 Å². The molecule has 0 saturated carbocycles. The van der Waals surface area contributed by atoms with E-state index in [0.29, 0.717) is 0 Å². The Hall–Kier alpha value is -1.41. The second kappa shape index (κ2) is 16.0. The predicted molar refractivity (Wildman–Crippen MR) is 98.0 cm³/mol. The highest BCUT2D eigenvalue weighted by atomic mass is 16.2. The van der Waals surface area contributed by atoms with Gasteiger partial charge < -0.3 is 5.11 Å². The van der Waals surface area contributed by atoms with Crippen LogP contribution in [-0.2, 0) is 4.79 Å². The summed E-state index contributed by atoms with van der Waals surface area (Å²) in [5.74, 6) is 0. The lowest BCUT2D eigenvalue weighted by molar-refractivity contribution is -0.104. The van der Waals surface area contributed by atoms with E-state index in [4.69, 9.17) is 5.11 Å². The first kappa shape index (κ1) is 22.9. The zero-order valence-electron chi connectivity index (χ0n) is 15.3. The number of allylic oxidation sites excluding steroid dienone is 7. The van der Waals surface area contributed by atoms with Crippen LogP contribution in [-0.4, -0.2) is 18.0 Å². The van der Waals surface area contributed by atoms with E-state index >= 15 is 0 Å². The lowest BCUT2D eigenvalue weighted by Gasteiger charge is -1.96. The normalized spacial score (nSPS) is 11.2. The summed E-state index contributed by atoms with van der Waals surface area (Å²) in [6, 6.07) is 0. The minimum Gasteiger partial charge on any atom is -0.392 e. The summed E-state index contributed by atoms with van der Waals surface area (Å²) in [5.41, 5.74) is 5.12. The molecular formula is C20H34O2. The van der Waals surface area contributed by atoms with Gasteiger partial charge in [0, 0.05) is 0 Å². The summed E-state index contributed by atoms with van der Waals surface area (Å²) in [6.07, 6.45) is 12.9. The molecule has 0 unspecified atom stereocenters. The van der Waals surface area contributed by atoms with E-state index in [1.807, 2.05) is 13.0 Å². The minimum atomic E-state index is 0.167. The Morgan fingerprint density at radius 1 is 0.773 bits per heavy atom. The molecule has 2 heteroatoms. The maximum absolute atomic E-state index is 10.0. The lowest BCUT2D eigenvalue weighted by atomic mass is 10.1. The smallest absolute Gasteiger partial charge is 0.142 e. The van der Waals surface area contributed by atoms with E-state index < -0.39 is 0 Å². The second-order valence-electron chi connectivity index (χ2n) is 6.02. The molecule has 0 aliphatic rings. The van der Waals surface area contributed by atoms with Crippen LogP contribution in [0.25, 0.3) is 0 Å². The molecule has 22 heavy (non-hydrogen) atoms. The van der Waals surface area contributed by atoms with E-state index in [1.54, 1.807) is 6.08 Å². The quantitative estimate of drug-likeness (QED) is 0.362. The zero-order valence-corrected chi connectivity index (χ0v) is 15.3. The van der Waals surface area contributed by atoms with Crippen molar-refractivity contribution >= 4 is 6.29 Å². The Balaban J connectivity index is 0. The maximum atomic E-state index is 10.0. The van der Waals surface area contributed by atoms with Crippen LogP contribution in [0, 0.1) is 0 Å². The Morgan fingerprint density at radius 2 is 1.23 bits per heavy atom. The minimum absolute atomic E-state index is 0.167. The number of aliphatic hydroxyl groups is 1. The molecule has 0 spiro atoms. The molecule has 0 fully saturated rings. The Morgan fingerprint density at radius 3 is 1.59 bits per heavy atom. The third-order valence-corrected chi connectivity index (χ3v) is 2.97. The predicted octanol–water partition coefficient (Wildman–Crippen LogP) is 5.55. The average molecular weight is 306 g/mol. The average Bonchev–Trinajstić information content (AvgIpc) is 2.39. The van der Waals surface area contributed by atoms with Crippen molar-refractivity contribution in [3.63, 3.8) is 0 Å². The fourth-order valence-corrected chi connectivity index (χ4v) is 1.63. The first-order valence-electron chi connectivity index (χ1n) is 7.97. The number of rotatable bonds is 8. The molecule has 0 atom stereocenters.